The Bertz CT molecular complexity index is 1210. The van der Waals surface area contributed by atoms with E-state index in [1.807, 2.05) is 48.5 Å². The Morgan fingerprint density at radius 1 is 1.03 bits per heavy atom. The predicted molar refractivity (Wildman–Crippen MR) is 144 cm³/mol. The second-order valence-corrected chi connectivity index (χ2v) is 9.10. The van der Waals surface area contributed by atoms with Gasteiger partial charge in [0.1, 0.15) is 12.4 Å². The standard InChI is InChI=1S/C29H34N4O4/c1-34-27-9-7-22-20-28(27)36-17-6-2-5-16-35-21-23-19-24(31-29-30-12-11-25(22)32-29)8-10-26(23)37-18-15-33-13-3-4-14-33/h2,5,7-12,19-20H,3-4,6,13-18,21H2,1H3,(H,30,31,32)/b5-2-. The van der Waals surface area contributed by atoms with Gasteiger partial charge in [-0.1, -0.05) is 12.2 Å². The highest BCUT2D eigenvalue weighted by atomic mass is 16.5. The van der Waals surface area contributed by atoms with E-state index in [2.05, 4.69) is 21.3 Å². The number of hydrogen-bond donors (Lipinski definition) is 1. The highest BCUT2D eigenvalue weighted by molar-refractivity contribution is 5.66. The number of benzene rings is 2. The van der Waals surface area contributed by atoms with Gasteiger partial charge in [0.25, 0.3) is 0 Å². The van der Waals surface area contributed by atoms with Crippen LogP contribution in [0, 0.1) is 0 Å². The van der Waals surface area contributed by atoms with Gasteiger partial charge in [0.15, 0.2) is 11.5 Å². The minimum atomic E-state index is 0.443. The normalized spacial score (nSPS) is 17.1. The lowest BCUT2D eigenvalue weighted by atomic mass is 10.1. The number of fused-ring (bicyclic) bond motifs is 7. The zero-order valence-corrected chi connectivity index (χ0v) is 21.3. The van der Waals surface area contributed by atoms with Gasteiger partial charge in [-0.15, -0.1) is 0 Å². The van der Waals surface area contributed by atoms with E-state index in [1.165, 1.54) is 12.8 Å². The number of likely N-dealkylation sites (tertiary alicyclic amines) is 1. The van der Waals surface area contributed by atoms with Gasteiger partial charge in [0.2, 0.25) is 5.95 Å². The van der Waals surface area contributed by atoms with Gasteiger partial charge in [-0.05, 0) is 74.8 Å². The summed E-state index contributed by atoms with van der Waals surface area (Å²) in [5.41, 5.74) is 3.57. The van der Waals surface area contributed by atoms with E-state index in [0.29, 0.717) is 43.9 Å². The summed E-state index contributed by atoms with van der Waals surface area (Å²) in [6, 6.07) is 13.7. The Hall–Kier alpha value is -3.62. The molecule has 0 spiro atoms. The second kappa shape index (κ2) is 12.6. The van der Waals surface area contributed by atoms with Crippen molar-refractivity contribution in [2.75, 3.05) is 51.9 Å². The van der Waals surface area contributed by atoms with Gasteiger partial charge in [0.05, 0.1) is 32.6 Å². The second-order valence-electron chi connectivity index (χ2n) is 9.10. The summed E-state index contributed by atoms with van der Waals surface area (Å²) >= 11 is 0. The van der Waals surface area contributed by atoms with E-state index in [0.717, 1.165) is 54.3 Å². The Morgan fingerprint density at radius 3 is 2.81 bits per heavy atom. The fraction of sp³-hybridized carbons (Fsp3) is 0.379. The molecule has 2 aromatic carbocycles. The number of methoxy groups -OCH3 is 1. The fourth-order valence-electron chi connectivity index (χ4n) is 4.52. The topological polar surface area (TPSA) is 78.0 Å². The van der Waals surface area contributed by atoms with Crippen molar-refractivity contribution in [3.8, 4) is 28.5 Å². The van der Waals surface area contributed by atoms with Crippen LogP contribution in [0.3, 0.4) is 0 Å². The average Bonchev–Trinajstić information content (AvgIpc) is 3.44. The molecular formula is C29H34N4O4. The van der Waals surface area contributed by atoms with Crippen LogP contribution in [0.2, 0.25) is 0 Å². The third kappa shape index (κ3) is 6.78. The van der Waals surface area contributed by atoms with Crippen LogP contribution >= 0.6 is 0 Å². The molecule has 0 unspecified atom stereocenters. The van der Waals surface area contributed by atoms with Crippen molar-refractivity contribution in [3.63, 3.8) is 0 Å². The van der Waals surface area contributed by atoms with Gasteiger partial charge in [-0.3, -0.25) is 4.90 Å². The maximum Gasteiger partial charge on any atom is 0.227 e. The number of aromatic nitrogens is 2. The van der Waals surface area contributed by atoms with E-state index in [9.17, 15) is 0 Å². The molecule has 2 aliphatic heterocycles. The largest absolute Gasteiger partial charge is 0.493 e. The van der Waals surface area contributed by atoms with E-state index < -0.39 is 0 Å². The van der Waals surface area contributed by atoms with Gasteiger partial charge in [0, 0.05) is 29.6 Å². The molecule has 194 valence electrons. The first-order valence-corrected chi connectivity index (χ1v) is 12.9. The van der Waals surface area contributed by atoms with Crippen LogP contribution in [0.25, 0.3) is 11.3 Å². The van der Waals surface area contributed by atoms with Crippen molar-refractivity contribution in [1.29, 1.82) is 0 Å². The molecule has 3 aromatic rings. The van der Waals surface area contributed by atoms with Crippen LogP contribution in [0.4, 0.5) is 11.6 Å². The Labute approximate surface area is 218 Å². The Balaban J connectivity index is 1.38. The number of hydrogen-bond acceptors (Lipinski definition) is 8. The van der Waals surface area contributed by atoms with Crippen molar-refractivity contribution >= 4 is 11.6 Å². The summed E-state index contributed by atoms with van der Waals surface area (Å²) in [5.74, 6) is 2.73. The minimum absolute atomic E-state index is 0.443. The molecule has 2 aliphatic rings. The molecule has 0 aliphatic carbocycles. The molecule has 1 aromatic heterocycles. The fourth-order valence-corrected chi connectivity index (χ4v) is 4.52. The minimum Gasteiger partial charge on any atom is -0.493 e. The highest BCUT2D eigenvalue weighted by Crippen LogP contribution is 2.33. The van der Waals surface area contributed by atoms with Crippen LogP contribution in [-0.4, -0.2) is 61.4 Å². The molecule has 37 heavy (non-hydrogen) atoms. The molecule has 3 heterocycles. The van der Waals surface area contributed by atoms with Crippen molar-refractivity contribution in [3.05, 3.63) is 66.4 Å². The van der Waals surface area contributed by atoms with Crippen LogP contribution < -0.4 is 19.5 Å². The molecule has 0 radical (unpaired) electrons. The number of nitrogens with one attached hydrogen (secondary N) is 1. The molecule has 6 bridgehead atoms. The lowest BCUT2D eigenvalue weighted by Crippen LogP contribution is -2.25. The summed E-state index contributed by atoms with van der Waals surface area (Å²) < 4.78 is 23.6. The lowest BCUT2D eigenvalue weighted by Gasteiger charge is -2.17. The average molecular weight is 503 g/mol. The molecule has 8 heteroatoms. The van der Waals surface area contributed by atoms with Crippen molar-refractivity contribution < 1.29 is 18.9 Å². The van der Waals surface area contributed by atoms with Crippen LogP contribution in [0.15, 0.2) is 60.8 Å². The SMILES string of the molecule is COc1ccc2cc1OCC/C=C\COCc1cc(ccc1OCCN1CCCC1)Nc1nccc-2n1. The van der Waals surface area contributed by atoms with E-state index in [1.54, 1.807) is 13.3 Å². The maximum atomic E-state index is 6.18. The van der Waals surface area contributed by atoms with Gasteiger partial charge in [-0.2, -0.15) is 0 Å². The molecule has 8 nitrogen and oxygen atoms in total. The highest BCUT2D eigenvalue weighted by Gasteiger charge is 2.13. The number of ether oxygens (including phenoxy) is 4. The first-order valence-electron chi connectivity index (χ1n) is 12.9. The van der Waals surface area contributed by atoms with Gasteiger partial charge >= 0.3 is 0 Å². The summed E-state index contributed by atoms with van der Waals surface area (Å²) in [6.07, 6.45) is 9.16. The summed E-state index contributed by atoms with van der Waals surface area (Å²) in [7, 11) is 1.64. The van der Waals surface area contributed by atoms with Crippen LogP contribution in [0.1, 0.15) is 24.8 Å². The number of rotatable bonds is 5. The molecule has 1 saturated heterocycles. The molecular weight excluding hydrogens is 468 g/mol. The molecule has 0 amide bonds. The Kier molecular flexibility index (Phi) is 8.50. The summed E-state index contributed by atoms with van der Waals surface area (Å²) in [6.45, 7) is 5.41. The van der Waals surface area contributed by atoms with E-state index in [4.69, 9.17) is 23.9 Å². The first kappa shape index (κ1) is 25.0. The third-order valence-electron chi connectivity index (χ3n) is 6.48. The quantitative estimate of drug-likeness (QED) is 0.476. The smallest absolute Gasteiger partial charge is 0.227 e. The van der Waals surface area contributed by atoms with E-state index in [-0.39, 0.29) is 0 Å². The molecule has 1 N–H and O–H groups in total. The van der Waals surface area contributed by atoms with E-state index >= 15 is 0 Å². The lowest BCUT2D eigenvalue weighted by molar-refractivity contribution is 0.144. The maximum absolute atomic E-state index is 6.18. The van der Waals surface area contributed by atoms with Gasteiger partial charge in [-0.25, -0.2) is 9.97 Å². The molecule has 0 saturated carbocycles. The zero-order valence-electron chi connectivity index (χ0n) is 21.3. The number of nitrogens with zero attached hydrogens (tertiary/aromatic N) is 3. The summed E-state index contributed by atoms with van der Waals surface area (Å²) in [4.78, 5) is 11.6. The Morgan fingerprint density at radius 2 is 1.92 bits per heavy atom. The van der Waals surface area contributed by atoms with Crippen molar-refractivity contribution in [2.24, 2.45) is 0 Å². The molecule has 0 atom stereocenters. The summed E-state index contributed by atoms with van der Waals surface area (Å²) in [5, 5.41) is 3.33. The van der Waals surface area contributed by atoms with Crippen molar-refractivity contribution in [2.45, 2.75) is 25.9 Å². The zero-order chi connectivity index (χ0) is 25.3. The predicted octanol–water partition coefficient (Wildman–Crippen LogP) is 5.23. The first-order chi connectivity index (χ1) is 18.3. The van der Waals surface area contributed by atoms with Crippen LogP contribution in [-0.2, 0) is 11.3 Å². The third-order valence-corrected chi connectivity index (χ3v) is 6.48. The number of anilines is 2. The monoisotopic (exact) mass is 502 g/mol. The van der Waals surface area contributed by atoms with Crippen molar-refractivity contribution in [1.82, 2.24) is 14.9 Å². The van der Waals surface area contributed by atoms with Crippen LogP contribution in [0.5, 0.6) is 17.2 Å². The van der Waals surface area contributed by atoms with Gasteiger partial charge < -0.3 is 24.3 Å². The molecule has 1 fully saturated rings. The molecule has 5 rings (SSSR count).